The van der Waals surface area contributed by atoms with Crippen LogP contribution in [0.5, 0.6) is 0 Å². The Hall–Kier alpha value is -1.60. The zero-order valence-electron chi connectivity index (χ0n) is 11.1. The predicted octanol–water partition coefficient (Wildman–Crippen LogP) is 0.939. The Morgan fingerprint density at radius 1 is 1.40 bits per heavy atom. The van der Waals surface area contributed by atoms with E-state index >= 15 is 0 Å². The van der Waals surface area contributed by atoms with Crippen molar-refractivity contribution in [3.63, 3.8) is 0 Å². The van der Waals surface area contributed by atoms with E-state index in [-0.39, 0.29) is 18.6 Å². The van der Waals surface area contributed by atoms with Gasteiger partial charge in [0.1, 0.15) is 0 Å². The molecule has 0 fully saturated rings. The largest absolute Gasteiger partial charge is 0.481 e. The molecular formula is C13H18N2O4S. The molecule has 0 amide bonds. The zero-order valence-corrected chi connectivity index (χ0v) is 11.9. The van der Waals surface area contributed by atoms with Gasteiger partial charge in [-0.3, -0.25) is 9.52 Å². The first-order chi connectivity index (χ1) is 9.48. The SMILES string of the molecule is O=C(O)CCCS(=O)(=O)Nc1cccc2c1CCNC2. The molecule has 1 aromatic rings. The lowest BCUT2D eigenvalue weighted by Crippen LogP contribution is -2.26. The molecule has 0 atom stereocenters. The zero-order chi connectivity index (χ0) is 14.6. The molecule has 7 heteroatoms. The summed E-state index contributed by atoms with van der Waals surface area (Å²) in [6.07, 6.45) is 0.752. The van der Waals surface area contributed by atoms with Crippen molar-refractivity contribution < 1.29 is 18.3 Å². The third kappa shape index (κ3) is 3.94. The molecule has 3 N–H and O–H groups in total. The first-order valence-corrected chi connectivity index (χ1v) is 8.17. The van der Waals surface area contributed by atoms with Gasteiger partial charge in [0.25, 0.3) is 0 Å². The Morgan fingerprint density at radius 3 is 2.95 bits per heavy atom. The van der Waals surface area contributed by atoms with Crippen LogP contribution in [0.2, 0.25) is 0 Å². The Kier molecular flexibility index (Phi) is 4.61. The van der Waals surface area contributed by atoms with Crippen molar-refractivity contribution in [1.82, 2.24) is 5.32 Å². The highest BCUT2D eigenvalue weighted by molar-refractivity contribution is 7.92. The number of carboxylic acids is 1. The van der Waals surface area contributed by atoms with E-state index in [0.29, 0.717) is 5.69 Å². The second-order valence-corrected chi connectivity index (χ2v) is 6.63. The third-order valence-corrected chi connectivity index (χ3v) is 4.57. The lowest BCUT2D eigenvalue weighted by molar-refractivity contribution is -0.137. The number of aliphatic carboxylic acids is 1. The van der Waals surface area contributed by atoms with Gasteiger partial charge in [-0.05, 0) is 36.6 Å². The molecule has 0 bridgehead atoms. The highest BCUT2D eigenvalue weighted by Crippen LogP contribution is 2.24. The molecule has 0 aromatic heterocycles. The Labute approximate surface area is 118 Å². The fraction of sp³-hybridized carbons (Fsp3) is 0.462. The minimum atomic E-state index is -3.50. The molecule has 20 heavy (non-hydrogen) atoms. The molecule has 0 aliphatic carbocycles. The Bertz CT molecular complexity index is 598. The first kappa shape index (κ1) is 14.8. The summed E-state index contributed by atoms with van der Waals surface area (Å²) in [5.41, 5.74) is 2.73. The maximum atomic E-state index is 11.9. The number of hydrogen-bond donors (Lipinski definition) is 3. The van der Waals surface area contributed by atoms with Crippen LogP contribution in [0.15, 0.2) is 18.2 Å². The van der Waals surface area contributed by atoms with E-state index in [0.717, 1.165) is 30.6 Å². The normalized spacial score (nSPS) is 14.6. The molecule has 1 aromatic carbocycles. The number of carbonyl (C=O) groups is 1. The number of anilines is 1. The van der Waals surface area contributed by atoms with Gasteiger partial charge in [-0.25, -0.2) is 8.42 Å². The minimum absolute atomic E-state index is 0.112. The molecule has 2 rings (SSSR count). The Morgan fingerprint density at radius 2 is 2.20 bits per heavy atom. The average molecular weight is 298 g/mol. The summed E-state index contributed by atoms with van der Waals surface area (Å²) in [6, 6.07) is 5.55. The van der Waals surface area contributed by atoms with Gasteiger partial charge in [0.05, 0.1) is 11.4 Å². The third-order valence-electron chi connectivity index (χ3n) is 3.21. The van der Waals surface area contributed by atoms with Gasteiger partial charge in [0, 0.05) is 13.0 Å². The van der Waals surface area contributed by atoms with Crippen molar-refractivity contribution in [1.29, 1.82) is 0 Å². The predicted molar refractivity (Wildman–Crippen MR) is 76.1 cm³/mol. The van der Waals surface area contributed by atoms with E-state index in [2.05, 4.69) is 10.0 Å². The van der Waals surface area contributed by atoms with Crippen molar-refractivity contribution in [3.8, 4) is 0 Å². The van der Waals surface area contributed by atoms with Gasteiger partial charge >= 0.3 is 5.97 Å². The summed E-state index contributed by atoms with van der Waals surface area (Å²) in [5.74, 6) is -1.16. The number of sulfonamides is 1. The minimum Gasteiger partial charge on any atom is -0.481 e. The van der Waals surface area contributed by atoms with Crippen LogP contribution in [0.1, 0.15) is 24.0 Å². The number of rotatable bonds is 6. The van der Waals surface area contributed by atoms with E-state index in [9.17, 15) is 13.2 Å². The molecule has 0 spiro atoms. The maximum absolute atomic E-state index is 11.9. The number of nitrogens with one attached hydrogen (secondary N) is 2. The topological polar surface area (TPSA) is 95.5 Å². The van der Waals surface area contributed by atoms with Crippen molar-refractivity contribution in [2.24, 2.45) is 0 Å². The first-order valence-electron chi connectivity index (χ1n) is 6.52. The maximum Gasteiger partial charge on any atom is 0.303 e. The standard InChI is InChI=1S/C13H18N2O4S/c16-13(17)5-2-8-20(18,19)15-12-4-1-3-10-9-14-7-6-11(10)12/h1,3-4,14-15H,2,5-9H2,(H,16,17). The smallest absolute Gasteiger partial charge is 0.303 e. The van der Waals surface area contributed by atoms with Gasteiger partial charge < -0.3 is 10.4 Å². The van der Waals surface area contributed by atoms with Crippen LogP contribution in [0, 0.1) is 0 Å². The van der Waals surface area contributed by atoms with Crippen molar-refractivity contribution in [2.45, 2.75) is 25.8 Å². The van der Waals surface area contributed by atoms with Crippen LogP contribution >= 0.6 is 0 Å². The molecule has 0 saturated carbocycles. The fourth-order valence-electron chi connectivity index (χ4n) is 2.26. The van der Waals surface area contributed by atoms with Crippen LogP contribution in [-0.2, 0) is 27.8 Å². The van der Waals surface area contributed by atoms with Crippen molar-refractivity contribution in [3.05, 3.63) is 29.3 Å². The van der Waals surface area contributed by atoms with Crippen LogP contribution in [0.3, 0.4) is 0 Å². The van der Waals surface area contributed by atoms with Gasteiger partial charge in [-0.15, -0.1) is 0 Å². The molecule has 1 aliphatic heterocycles. The van der Waals surface area contributed by atoms with Gasteiger partial charge in [0.2, 0.25) is 10.0 Å². The van der Waals surface area contributed by atoms with E-state index < -0.39 is 16.0 Å². The summed E-state index contributed by atoms with van der Waals surface area (Å²) < 4.78 is 26.5. The number of benzene rings is 1. The van der Waals surface area contributed by atoms with Crippen LogP contribution in [0.25, 0.3) is 0 Å². The molecule has 0 saturated heterocycles. The van der Waals surface area contributed by atoms with E-state index in [1.165, 1.54) is 0 Å². The van der Waals surface area contributed by atoms with Crippen LogP contribution < -0.4 is 10.0 Å². The monoisotopic (exact) mass is 298 g/mol. The number of carboxylic acid groups (broad SMARTS) is 1. The summed E-state index contributed by atoms with van der Waals surface area (Å²) in [7, 11) is -3.50. The van der Waals surface area contributed by atoms with E-state index in [1.54, 1.807) is 6.07 Å². The highest BCUT2D eigenvalue weighted by atomic mass is 32.2. The lowest BCUT2D eigenvalue weighted by atomic mass is 9.99. The molecule has 0 radical (unpaired) electrons. The van der Waals surface area contributed by atoms with E-state index in [4.69, 9.17) is 5.11 Å². The number of fused-ring (bicyclic) bond motifs is 1. The summed E-state index contributed by atoms with van der Waals surface area (Å²) in [5, 5.41) is 11.8. The van der Waals surface area contributed by atoms with Crippen LogP contribution in [0.4, 0.5) is 5.69 Å². The molecule has 1 heterocycles. The second kappa shape index (κ2) is 6.23. The fourth-order valence-corrected chi connectivity index (χ4v) is 3.41. The molecule has 1 aliphatic rings. The summed E-state index contributed by atoms with van der Waals surface area (Å²) >= 11 is 0. The molecular weight excluding hydrogens is 280 g/mol. The average Bonchev–Trinajstić information content (AvgIpc) is 2.38. The second-order valence-electron chi connectivity index (χ2n) is 4.79. The van der Waals surface area contributed by atoms with Gasteiger partial charge in [-0.2, -0.15) is 0 Å². The molecule has 0 unspecified atom stereocenters. The summed E-state index contributed by atoms with van der Waals surface area (Å²) in [4.78, 5) is 10.4. The lowest BCUT2D eigenvalue weighted by Gasteiger charge is -2.20. The molecule has 110 valence electrons. The van der Waals surface area contributed by atoms with Crippen molar-refractivity contribution >= 4 is 21.7 Å². The number of hydrogen-bond acceptors (Lipinski definition) is 4. The van der Waals surface area contributed by atoms with Crippen molar-refractivity contribution in [2.75, 3.05) is 17.0 Å². The quantitative estimate of drug-likeness (QED) is 0.726. The summed E-state index contributed by atoms with van der Waals surface area (Å²) in [6.45, 7) is 1.56. The van der Waals surface area contributed by atoms with E-state index in [1.807, 2.05) is 12.1 Å². The molecule has 6 nitrogen and oxygen atoms in total. The van der Waals surface area contributed by atoms with Crippen LogP contribution in [-0.4, -0.2) is 31.8 Å². The Balaban J connectivity index is 2.07. The van der Waals surface area contributed by atoms with Gasteiger partial charge in [0.15, 0.2) is 0 Å². The van der Waals surface area contributed by atoms with Gasteiger partial charge in [-0.1, -0.05) is 12.1 Å². The highest BCUT2D eigenvalue weighted by Gasteiger charge is 2.17.